The number of methoxy groups -OCH3 is 1. The van der Waals surface area contributed by atoms with Crippen molar-refractivity contribution in [2.75, 3.05) is 12.4 Å². The number of amides is 1. The number of benzene rings is 1. The van der Waals surface area contributed by atoms with Crippen molar-refractivity contribution in [3.8, 4) is 5.75 Å². The van der Waals surface area contributed by atoms with Gasteiger partial charge in [0.2, 0.25) is 0 Å². The van der Waals surface area contributed by atoms with E-state index in [4.69, 9.17) is 9.47 Å². The Morgan fingerprint density at radius 1 is 1.38 bits per heavy atom. The summed E-state index contributed by atoms with van der Waals surface area (Å²) in [5, 5.41) is 4.30. The van der Waals surface area contributed by atoms with E-state index in [2.05, 4.69) is 5.32 Å². The predicted octanol–water partition coefficient (Wildman–Crippen LogP) is 1.80. The van der Waals surface area contributed by atoms with Crippen LogP contribution < -0.4 is 14.9 Å². The Hall–Kier alpha value is -2.61. The summed E-state index contributed by atoms with van der Waals surface area (Å²) in [6, 6.07) is 6.83. The first-order chi connectivity index (χ1) is 11.4. The van der Waals surface area contributed by atoms with Gasteiger partial charge < -0.3 is 14.8 Å². The van der Waals surface area contributed by atoms with E-state index in [0.29, 0.717) is 17.1 Å². The largest absolute Gasteiger partial charge is 0.497 e. The molecule has 2 aromatic rings. The molecule has 128 valence electrons. The zero-order valence-corrected chi connectivity index (χ0v) is 14.4. The Balaban J connectivity index is 1.93. The van der Waals surface area contributed by atoms with Crippen LogP contribution in [0, 0.1) is 6.92 Å². The molecule has 0 saturated heterocycles. The van der Waals surface area contributed by atoms with E-state index in [0.717, 1.165) is 11.3 Å². The highest BCUT2D eigenvalue weighted by Gasteiger charge is 2.19. The van der Waals surface area contributed by atoms with Crippen molar-refractivity contribution in [3.05, 3.63) is 45.0 Å². The lowest BCUT2D eigenvalue weighted by molar-refractivity contribution is -0.153. The molecule has 0 saturated carbocycles. The quantitative estimate of drug-likeness (QED) is 0.803. The predicted molar refractivity (Wildman–Crippen MR) is 90.5 cm³/mol. The molecule has 1 amide bonds. The zero-order valence-electron chi connectivity index (χ0n) is 13.6. The highest BCUT2D eigenvalue weighted by molar-refractivity contribution is 7.07. The topological polar surface area (TPSA) is 86.6 Å². The number of ether oxygens (including phenoxy) is 2. The van der Waals surface area contributed by atoms with E-state index < -0.39 is 18.0 Å². The number of nitrogens with zero attached hydrogens (tertiary/aromatic N) is 1. The molecule has 0 aliphatic rings. The minimum absolute atomic E-state index is 0.217. The third-order valence-electron chi connectivity index (χ3n) is 3.28. The van der Waals surface area contributed by atoms with Crippen molar-refractivity contribution in [2.45, 2.75) is 26.5 Å². The van der Waals surface area contributed by atoms with Gasteiger partial charge in [-0.15, -0.1) is 0 Å². The second kappa shape index (κ2) is 7.78. The molecular formula is C16H18N2O5S. The number of nitrogens with one attached hydrogen (secondary N) is 1. The molecule has 8 heteroatoms. The summed E-state index contributed by atoms with van der Waals surface area (Å²) in [4.78, 5) is 35.3. The fourth-order valence-corrected chi connectivity index (χ4v) is 2.69. The summed E-state index contributed by atoms with van der Waals surface area (Å²) in [6.07, 6.45) is -0.988. The van der Waals surface area contributed by atoms with Crippen molar-refractivity contribution in [2.24, 2.45) is 0 Å². The summed E-state index contributed by atoms with van der Waals surface area (Å²) < 4.78 is 11.5. The fraction of sp³-hybridized carbons (Fsp3) is 0.312. The van der Waals surface area contributed by atoms with E-state index >= 15 is 0 Å². The van der Waals surface area contributed by atoms with Crippen LogP contribution in [0.15, 0.2) is 34.4 Å². The average Bonchev–Trinajstić information content (AvgIpc) is 2.86. The van der Waals surface area contributed by atoms with Gasteiger partial charge in [0.05, 0.1) is 7.11 Å². The zero-order chi connectivity index (χ0) is 17.7. The monoisotopic (exact) mass is 350 g/mol. The van der Waals surface area contributed by atoms with Crippen molar-refractivity contribution in [1.82, 2.24) is 4.57 Å². The number of thiazole rings is 1. The first-order valence-electron chi connectivity index (χ1n) is 7.20. The molecule has 0 unspecified atom stereocenters. The summed E-state index contributed by atoms with van der Waals surface area (Å²) >= 11 is 1.01. The van der Waals surface area contributed by atoms with Gasteiger partial charge in [-0.1, -0.05) is 17.4 Å². The number of esters is 1. The van der Waals surface area contributed by atoms with Gasteiger partial charge in [-0.25, -0.2) is 0 Å². The van der Waals surface area contributed by atoms with Gasteiger partial charge in [0, 0.05) is 22.8 Å². The van der Waals surface area contributed by atoms with E-state index in [1.807, 2.05) is 0 Å². The maximum Gasteiger partial charge on any atom is 0.326 e. The van der Waals surface area contributed by atoms with Crippen LogP contribution in [-0.4, -0.2) is 29.7 Å². The lowest BCUT2D eigenvalue weighted by Gasteiger charge is -2.14. The summed E-state index contributed by atoms with van der Waals surface area (Å²) in [5.41, 5.74) is 1.21. The smallest absolute Gasteiger partial charge is 0.326 e. The molecule has 0 fully saturated rings. The number of aromatic nitrogens is 1. The van der Waals surface area contributed by atoms with Gasteiger partial charge >= 0.3 is 10.8 Å². The first-order valence-corrected chi connectivity index (χ1v) is 8.08. The van der Waals surface area contributed by atoms with Gasteiger partial charge in [-0.05, 0) is 26.0 Å². The number of rotatable bonds is 6. The lowest BCUT2D eigenvalue weighted by atomic mass is 10.3. The van der Waals surface area contributed by atoms with Crippen LogP contribution in [-0.2, 0) is 20.9 Å². The minimum atomic E-state index is -0.988. The third-order valence-corrected chi connectivity index (χ3v) is 4.16. The highest BCUT2D eigenvalue weighted by Crippen LogP contribution is 2.17. The molecular weight excluding hydrogens is 332 g/mol. The molecule has 24 heavy (non-hydrogen) atoms. The van der Waals surface area contributed by atoms with Crippen molar-refractivity contribution in [1.29, 1.82) is 0 Å². The van der Waals surface area contributed by atoms with Gasteiger partial charge in [0.1, 0.15) is 12.3 Å². The molecule has 1 atom stereocenters. The summed E-state index contributed by atoms with van der Waals surface area (Å²) in [6.45, 7) is 2.98. The van der Waals surface area contributed by atoms with Crippen molar-refractivity contribution < 1.29 is 19.1 Å². The molecule has 0 spiro atoms. The highest BCUT2D eigenvalue weighted by atomic mass is 32.1. The van der Waals surface area contributed by atoms with Crippen LogP contribution in [0.5, 0.6) is 5.75 Å². The number of hydrogen-bond acceptors (Lipinski definition) is 6. The van der Waals surface area contributed by atoms with Crippen LogP contribution in [0.1, 0.15) is 12.6 Å². The molecule has 0 radical (unpaired) electrons. The van der Waals surface area contributed by atoms with Gasteiger partial charge in [0.15, 0.2) is 6.10 Å². The SMILES string of the molecule is COc1cccc(NC(=O)[C@H](C)OC(=O)Cn2c(C)csc2=O)c1. The molecule has 2 rings (SSSR count). The Bertz CT molecular complexity index is 796. The molecule has 1 heterocycles. The minimum Gasteiger partial charge on any atom is -0.497 e. The maximum atomic E-state index is 12.1. The number of anilines is 1. The van der Waals surface area contributed by atoms with Gasteiger partial charge in [-0.2, -0.15) is 0 Å². The number of carbonyl (C=O) groups is 2. The molecule has 0 bridgehead atoms. The van der Waals surface area contributed by atoms with Crippen LogP contribution in [0.3, 0.4) is 0 Å². The van der Waals surface area contributed by atoms with Crippen LogP contribution in [0.2, 0.25) is 0 Å². The number of carbonyl (C=O) groups excluding carboxylic acids is 2. The van der Waals surface area contributed by atoms with E-state index in [-0.39, 0.29) is 11.4 Å². The van der Waals surface area contributed by atoms with Crippen molar-refractivity contribution in [3.63, 3.8) is 0 Å². The standard InChI is InChI=1S/C16H18N2O5S/c1-10-9-24-16(21)18(10)8-14(19)23-11(2)15(20)17-12-5-4-6-13(7-12)22-3/h4-7,9,11H,8H2,1-3H3,(H,17,20)/t11-/m0/s1. The molecule has 0 aliphatic heterocycles. The Kier molecular flexibility index (Phi) is 5.75. The maximum absolute atomic E-state index is 12.1. The first kappa shape index (κ1) is 17.7. The molecule has 7 nitrogen and oxygen atoms in total. The van der Waals surface area contributed by atoms with Gasteiger partial charge in [0.25, 0.3) is 5.91 Å². The Labute approximate surface area is 142 Å². The van der Waals surface area contributed by atoms with Crippen molar-refractivity contribution >= 4 is 28.9 Å². The summed E-state index contributed by atoms with van der Waals surface area (Å²) in [5.74, 6) is -0.511. The molecule has 0 aliphatic carbocycles. The number of hydrogen-bond donors (Lipinski definition) is 1. The molecule has 1 aromatic carbocycles. The third kappa shape index (κ3) is 4.45. The summed E-state index contributed by atoms with van der Waals surface area (Å²) in [7, 11) is 1.53. The van der Waals surface area contributed by atoms with Crippen LogP contribution in [0.4, 0.5) is 5.69 Å². The van der Waals surface area contributed by atoms with Crippen LogP contribution >= 0.6 is 11.3 Å². The van der Waals surface area contributed by atoms with Crippen LogP contribution in [0.25, 0.3) is 0 Å². The second-order valence-corrected chi connectivity index (χ2v) is 5.90. The number of aryl methyl sites for hydroxylation is 1. The average molecular weight is 350 g/mol. The normalized spacial score (nSPS) is 11.6. The fourth-order valence-electron chi connectivity index (χ4n) is 1.96. The second-order valence-electron chi connectivity index (χ2n) is 5.08. The molecule has 1 aromatic heterocycles. The van der Waals surface area contributed by atoms with Gasteiger partial charge in [-0.3, -0.25) is 19.0 Å². The van der Waals surface area contributed by atoms with E-state index in [1.165, 1.54) is 18.6 Å². The van der Waals surface area contributed by atoms with E-state index in [1.54, 1.807) is 36.6 Å². The Morgan fingerprint density at radius 2 is 2.12 bits per heavy atom. The van der Waals surface area contributed by atoms with E-state index in [9.17, 15) is 14.4 Å². The lowest BCUT2D eigenvalue weighted by Crippen LogP contribution is -2.32. The molecule has 1 N–H and O–H groups in total. The Morgan fingerprint density at radius 3 is 2.75 bits per heavy atom.